The third-order valence-corrected chi connectivity index (χ3v) is 5.74. The van der Waals surface area contributed by atoms with Crippen molar-refractivity contribution in [3.05, 3.63) is 33.4 Å². The number of nitrogens with zero attached hydrogens (tertiary/aromatic N) is 1. The van der Waals surface area contributed by atoms with Crippen LogP contribution in [0.3, 0.4) is 0 Å². The number of aryl methyl sites for hydroxylation is 2. The molecule has 0 aliphatic carbocycles. The van der Waals surface area contributed by atoms with E-state index in [0.717, 1.165) is 12.1 Å². The number of hydrogen-bond donors (Lipinski definition) is 1. The maximum absolute atomic E-state index is 12.2. The number of nitro groups is 1. The summed E-state index contributed by atoms with van der Waals surface area (Å²) in [6, 6.07) is 1.99. The van der Waals surface area contributed by atoms with Crippen molar-refractivity contribution < 1.29 is 34.9 Å². The highest BCUT2D eigenvalue weighted by atomic mass is 32.2. The van der Waals surface area contributed by atoms with Crippen LogP contribution in [-0.2, 0) is 19.9 Å². The Kier molecular flexibility index (Phi) is 5.50. The molecule has 1 N–H and O–H groups in total. The number of halogens is 3. The van der Waals surface area contributed by atoms with Crippen LogP contribution >= 0.6 is 0 Å². The average Bonchev–Trinajstić information content (AvgIpc) is 2.19. The predicted octanol–water partition coefficient (Wildman–Crippen LogP) is 1.62. The molecule has 136 valence electrons. The van der Waals surface area contributed by atoms with Crippen LogP contribution < -0.4 is 4.72 Å². The van der Waals surface area contributed by atoms with E-state index in [1.807, 2.05) is 0 Å². The highest BCUT2D eigenvalue weighted by molar-refractivity contribution is 7.92. The Balaban J connectivity index is 3.24. The lowest BCUT2D eigenvalue weighted by atomic mass is 10.1. The molecule has 1 rings (SSSR count). The second-order valence-corrected chi connectivity index (χ2v) is 8.61. The summed E-state index contributed by atoms with van der Waals surface area (Å²) in [5.41, 5.74) is -0.322. The minimum atomic E-state index is -4.94. The van der Waals surface area contributed by atoms with Gasteiger partial charge in [0.25, 0.3) is 0 Å². The topological polar surface area (TPSA) is 123 Å². The normalized spacial score (nSPS) is 12.9. The molecule has 0 atom stereocenters. The molecular weight excluding hydrogens is 377 g/mol. The van der Waals surface area contributed by atoms with Gasteiger partial charge < -0.3 is 0 Å². The zero-order valence-corrected chi connectivity index (χ0v) is 14.0. The first-order chi connectivity index (χ1) is 10.6. The molecule has 0 aromatic heterocycles. The molecule has 0 amide bonds. The number of rotatable bonds is 6. The van der Waals surface area contributed by atoms with Crippen LogP contribution in [0.2, 0.25) is 0 Å². The van der Waals surface area contributed by atoms with E-state index in [2.05, 4.69) is 0 Å². The lowest BCUT2D eigenvalue weighted by Gasteiger charge is -2.14. The second-order valence-electron chi connectivity index (χ2n) is 4.99. The minimum absolute atomic E-state index is 0.0263. The summed E-state index contributed by atoms with van der Waals surface area (Å²) in [6.07, 6.45) is -4.94. The first-order valence-corrected chi connectivity index (χ1v) is 9.46. The van der Waals surface area contributed by atoms with Gasteiger partial charge in [-0.15, -0.1) is 0 Å². The molecule has 1 aromatic carbocycles. The van der Waals surface area contributed by atoms with Crippen molar-refractivity contribution in [2.75, 3.05) is 16.4 Å². The van der Waals surface area contributed by atoms with Crippen LogP contribution in [0.5, 0.6) is 0 Å². The Morgan fingerprint density at radius 1 is 1.12 bits per heavy atom. The van der Waals surface area contributed by atoms with Crippen LogP contribution in [0.4, 0.5) is 18.9 Å². The largest absolute Gasteiger partial charge is 0.404 e. The van der Waals surface area contributed by atoms with Crippen molar-refractivity contribution in [1.29, 1.82) is 0 Å². The van der Waals surface area contributed by atoms with Crippen LogP contribution in [0.1, 0.15) is 11.1 Å². The van der Waals surface area contributed by atoms with E-state index in [4.69, 9.17) is 0 Å². The predicted molar refractivity (Wildman–Crippen MR) is 78.4 cm³/mol. The first kappa shape index (κ1) is 20.2. The van der Waals surface area contributed by atoms with Gasteiger partial charge in [0.2, 0.25) is 19.9 Å². The number of hydrogen-bond acceptors (Lipinski definition) is 6. The van der Waals surface area contributed by atoms with E-state index < -0.39 is 42.6 Å². The fourth-order valence-corrected chi connectivity index (χ4v) is 4.62. The van der Waals surface area contributed by atoms with Gasteiger partial charge in [-0.05, 0) is 37.1 Å². The smallest absolute Gasteiger partial charge is 0.283 e. The molecule has 0 unspecified atom stereocenters. The molecule has 0 radical (unpaired) electrons. The fourth-order valence-electron chi connectivity index (χ4n) is 2.13. The van der Waals surface area contributed by atoms with Crippen molar-refractivity contribution in [2.45, 2.75) is 24.9 Å². The maximum Gasteiger partial charge on any atom is 0.404 e. The van der Waals surface area contributed by atoms with Gasteiger partial charge in [-0.2, -0.15) is 13.2 Å². The molecule has 0 heterocycles. The Morgan fingerprint density at radius 2 is 1.58 bits per heavy atom. The molecule has 0 bridgehead atoms. The molecule has 0 fully saturated rings. The maximum atomic E-state index is 12.2. The number of benzene rings is 1. The molecule has 24 heavy (non-hydrogen) atoms. The van der Waals surface area contributed by atoms with Crippen molar-refractivity contribution in [3.63, 3.8) is 0 Å². The van der Waals surface area contributed by atoms with E-state index in [0.29, 0.717) is 0 Å². The molecular formula is C11H13F3N2O6S2. The van der Waals surface area contributed by atoms with Crippen molar-refractivity contribution in [3.8, 4) is 0 Å². The van der Waals surface area contributed by atoms with E-state index in [9.17, 15) is 40.1 Å². The SMILES string of the molecule is Cc1cc(NS(=O)(=O)CC(F)(F)F)cc(C)c1S(=O)(=O)C[N+](=O)[O-]. The van der Waals surface area contributed by atoms with Crippen LogP contribution in [0, 0.1) is 24.0 Å². The first-order valence-electron chi connectivity index (χ1n) is 6.16. The Hall–Kier alpha value is -1.89. The van der Waals surface area contributed by atoms with Gasteiger partial charge in [0.1, 0.15) is 0 Å². The number of nitrogens with one attached hydrogen (secondary N) is 1. The highest BCUT2D eigenvalue weighted by Gasteiger charge is 2.35. The molecule has 1 aromatic rings. The van der Waals surface area contributed by atoms with Gasteiger partial charge in [-0.25, -0.2) is 16.8 Å². The monoisotopic (exact) mass is 390 g/mol. The molecule has 0 saturated heterocycles. The third kappa shape index (κ3) is 5.63. The van der Waals surface area contributed by atoms with Crippen molar-refractivity contribution in [2.24, 2.45) is 0 Å². The molecule has 13 heteroatoms. The highest BCUT2D eigenvalue weighted by Crippen LogP contribution is 2.27. The average molecular weight is 390 g/mol. The number of sulfonamides is 1. The van der Waals surface area contributed by atoms with Gasteiger partial charge in [0.15, 0.2) is 5.75 Å². The molecule has 0 aliphatic rings. The zero-order chi connectivity index (χ0) is 18.9. The molecule has 8 nitrogen and oxygen atoms in total. The van der Waals surface area contributed by atoms with Gasteiger partial charge >= 0.3 is 12.1 Å². The van der Waals surface area contributed by atoms with Gasteiger partial charge in [-0.1, -0.05) is 0 Å². The second kappa shape index (κ2) is 6.55. The van der Waals surface area contributed by atoms with Crippen LogP contribution in [0.15, 0.2) is 17.0 Å². The van der Waals surface area contributed by atoms with E-state index in [1.165, 1.54) is 13.8 Å². The Bertz CT molecular complexity index is 839. The molecule has 0 saturated carbocycles. The van der Waals surface area contributed by atoms with E-state index >= 15 is 0 Å². The standard InChI is InChI=1S/C11H13F3N2O6S2/c1-7-3-9(15-24(21,22)5-11(12,13)14)4-8(2)10(7)23(19,20)6-16(17)18/h3-4,15H,5-6H2,1-2H3. The number of sulfone groups is 1. The number of alkyl halides is 3. The molecule has 0 aliphatic heterocycles. The van der Waals surface area contributed by atoms with Gasteiger partial charge in [0.05, 0.1) is 4.90 Å². The zero-order valence-electron chi connectivity index (χ0n) is 12.4. The third-order valence-electron chi connectivity index (χ3n) is 2.67. The van der Waals surface area contributed by atoms with Crippen LogP contribution in [0.25, 0.3) is 0 Å². The van der Waals surface area contributed by atoms with Crippen LogP contribution in [-0.4, -0.2) is 39.6 Å². The molecule has 0 spiro atoms. The summed E-state index contributed by atoms with van der Waals surface area (Å²) >= 11 is 0. The summed E-state index contributed by atoms with van der Waals surface area (Å²) in [4.78, 5) is 9.03. The Morgan fingerprint density at radius 3 is 1.96 bits per heavy atom. The quantitative estimate of drug-likeness (QED) is 0.581. The number of anilines is 1. The summed E-state index contributed by atoms with van der Waals surface area (Å²) in [5, 5.41) is 10.4. The lowest BCUT2D eigenvalue weighted by Crippen LogP contribution is -2.28. The van der Waals surface area contributed by atoms with Gasteiger partial charge in [0, 0.05) is 10.6 Å². The van der Waals surface area contributed by atoms with Crippen molar-refractivity contribution in [1.82, 2.24) is 0 Å². The minimum Gasteiger partial charge on any atom is -0.283 e. The fraction of sp³-hybridized carbons (Fsp3) is 0.455. The Labute approximate surface area is 135 Å². The summed E-state index contributed by atoms with van der Waals surface area (Å²) < 4.78 is 85.0. The lowest BCUT2D eigenvalue weighted by molar-refractivity contribution is -0.458. The van der Waals surface area contributed by atoms with E-state index in [1.54, 1.807) is 4.72 Å². The van der Waals surface area contributed by atoms with E-state index in [-0.39, 0.29) is 21.7 Å². The summed E-state index contributed by atoms with van der Waals surface area (Å²) in [7, 11) is -8.99. The van der Waals surface area contributed by atoms with Crippen molar-refractivity contribution >= 4 is 25.5 Å². The summed E-state index contributed by atoms with van der Waals surface area (Å²) in [5.74, 6) is -3.45. The summed E-state index contributed by atoms with van der Waals surface area (Å²) in [6.45, 7) is 2.50. The van der Waals surface area contributed by atoms with Gasteiger partial charge in [-0.3, -0.25) is 14.8 Å².